The number of nitrogens with one attached hydrogen (secondary N) is 1. The van der Waals surface area contributed by atoms with Crippen molar-refractivity contribution < 1.29 is 13.9 Å². The summed E-state index contributed by atoms with van der Waals surface area (Å²) in [4.78, 5) is 25.1. The van der Waals surface area contributed by atoms with Crippen molar-refractivity contribution in [1.29, 1.82) is 0 Å². The van der Waals surface area contributed by atoms with Gasteiger partial charge in [0, 0.05) is 47.7 Å². The number of hydrogen-bond acceptors (Lipinski definition) is 7. The predicted molar refractivity (Wildman–Crippen MR) is 148 cm³/mol. The molecule has 0 spiro atoms. The van der Waals surface area contributed by atoms with Crippen LogP contribution in [-0.2, 0) is 9.53 Å². The first-order valence-corrected chi connectivity index (χ1v) is 12.4. The number of esters is 1. The molecule has 0 atom stereocenters. The van der Waals surface area contributed by atoms with E-state index in [1.54, 1.807) is 48.5 Å². The van der Waals surface area contributed by atoms with E-state index in [1.807, 2.05) is 42.6 Å². The molecule has 0 fully saturated rings. The molecule has 3 heterocycles. The van der Waals surface area contributed by atoms with Gasteiger partial charge in [0.25, 0.3) is 0 Å². The fourth-order valence-electron chi connectivity index (χ4n) is 3.81. The molecule has 5 rings (SSSR count). The predicted octanol–water partition coefficient (Wildman–Crippen LogP) is 6.50. The van der Waals surface area contributed by atoms with Gasteiger partial charge in [0.2, 0.25) is 5.95 Å². The van der Waals surface area contributed by atoms with Crippen molar-refractivity contribution in [2.45, 2.75) is 6.92 Å². The average Bonchev–Trinajstić information content (AvgIpc) is 3.45. The summed E-state index contributed by atoms with van der Waals surface area (Å²) in [5, 5.41) is 7.61. The van der Waals surface area contributed by atoms with Gasteiger partial charge in [0.15, 0.2) is 5.82 Å². The van der Waals surface area contributed by atoms with E-state index in [0.717, 1.165) is 22.3 Å². The lowest BCUT2D eigenvalue weighted by molar-refractivity contribution is -0.137. The first-order chi connectivity index (χ1) is 19.0. The van der Waals surface area contributed by atoms with Gasteiger partial charge in [0.1, 0.15) is 5.82 Å². The van der Waals surface area contributed by atoms with Gasteiger partial charge in [-0.15, -0.1) is 0 Å². The van der Waals surface area contributed by atoms with Gasteiger partial charge in [0.05, 0.1) is 17.8 Å². The Morgan fingerprint density at radius 2 is 1.92 bits per heavy atom. The van der Waals surface area contributed by atoms with Crippen LogP contribution in [0.2, 0.25) is 5.02 Å². The number of anilines is 2. The molecular weight excluding hydrogens is 519 g/mol. The number of benzene rings is 2. The molecule has 0 unspecified atom stereocenters. The summed E-state index contributed by atoms with van der Waals surface area (Å²) in [6, 6.07) is 15.7. The normalized spacial score (nSPS) is 11.1. The number of nitrogens with zero attached hydrogens (tertiary/aromatic N) is 5. The molecule has 39 heavy (non-hydrogen) atoms. The second kappa shape index (κ2) is 11.7. The Balaban J connectivity index is 1.55. The Bertz CT molecular complexity index is 1660. The molecule has 0 radical (unpaired) electrons. The Labute approximate surface area is 228 Å². The summed E-state index contributed by atoms with van der Waals surface area (Å²) >= 11 is 5.94. The summed E-state index contributed by atoms with van der Waals surface area (Å²) in [6.07, 6.45) is 11.8. The van der Waals surface area contributed by atoms with Crippen molar-refractivity contribution in [3.05, 3.63) is 108 Å². The molecule has 0 aliphatic heterocycles. The number of rotatable bonds is 8. The highest BCUT2D eigenvalue weighted by Crippen LogP contribution is 2.29. The Kier molecular flexibility index (Phi) is 7.70. The summed E-state index contributed by atoms with van der Waals surface area (Å²) < 4.78 is 20.3. The fourth-order valence-corrected chi connectivity index (χ4v) is 3.99. The third-order valence-electron chi connectivity index (χ3n) is 5.65. The van der Waals surface area contributed by atoms with Gasteiger partial charge in [-0.05, 0) is 66.1 Å². The van der Waals surface area contributed by atoms with E-state index in [2.05, 4.69) is 20.4 Å². The highest BCUT2D eigenvalue weighted by Gasteiger charge is 2.15. The number of aromatic nitrogens is 5. The van der Waals surface area contributed by atoms with E-state index < -0.39 is 11.8 Å². The average molecular weight is 541 g/mol. The fraction of sp³-hybridized carbons (Fsp3) is 0.0690. The van der Waals surface area contributed by atoms with Crippen LogP contribution in [0.4, 0.5) is 16.0 Å². The molecular formula is C29H22ClFN6O2. The zero-order valence-electron chi connectivity index (χ0n) is 20.8. The molecule has 2 aromatic carbocycles. The second-order valence-electron chi connectivity index (χ2n) is 8.31. The number of pyridine rings is 1. The van der Waals surface area contributed by atoms with Crippen molar-refractivity contribution in [3.63, 3.8) is 0 Å². The van der Waals surface area contributed by atoms with E-state index in [9.17, 15) is 9.18 Å². The number of halogens is 2. The zero-order chi connectivity index (χ0) is 27.2. The molecule has 5 aromatic rings. The highest BCUT2D eigenvalue weighted by molar-refractivity contribution is 6.31. The summed E-state index contributed by atoms with van der Waals surface area (Å²) in [5.74, 6) is -0.150. The quantitative estimate of drug-likeness (QED) is 0.177. The van der Waals surface area contributed by atoms with Crippen LogP contribution in [0.15, 0.2) is 91.7 Å². The molecule has 194 valence electrons. The first-order valence-electron chi connectivity index (χ1n) is 12.0. The Morgan fingerprint density at radius 1 is 1.08 bits per heavy atom. The molecule has 0 saturated carbocycles. The number of hydrogen-bond donors (Lipinski definition) is 1. The van der Waals surface area contributed by atoms with E-state index in [0.29, 0.717) is 23.7 Å². The maximum absolute atomic E-state index is 13.6. The molecule has 0 saturated heterocycles. The van der Waals surface area contributed by atoms with Crippen LogP contribution in [0, 0.1) is 5.82 Å². The number of carbonyl (C=O) groups excluding carboxylic acids is 1. The van der Waals surface area contributed by atoms with Gasteiger partial charge in [-0.2, -0.15) is 10.1 Å². The zero-order valence-corrected chi connectivity index (χ0v) is 21.5. The number of ether oxygens (including phenoxy) is 1. The SMILES string of the molecule is CCOC(=O)/C=C/c1cccc(-c2cnc(Nc3ccc(F)c(Cl)c3)nc2-n2cc(-c3ccncc3)cn2)c1. The monoisotopic (exact) mass is 540 g/mol. The molecule has 0 aliphatic rings. The van der Waals surface area contributed by atoms with E-state index >= 15 is 0 Å². The van der Waals surface area contributed by atoms with Crippen LogP contribution in [0.5, 0.6) is 0 Å². The van der Waals surface area contributed by atoms with Crippen LogP contribution in [0.1, 0.15) is 12.5 Å². The molecule has 1 N–H and O–H groups in total. The van der Waals surface area contributed by atoms with Crippen LogP contribution in [-0.4, -0.2) is 37.3 Å². The smallest absolute Gasteiger partial charge is 0.330 e. The minimum atomic E-state index is -0.517. The topological polar surface area (TPSA) is 94.8 Å². The van der Waals surface area contributed by atoms with Crippen molar-refractivity contribution in [1.82, 2.24) is 24.7 Å². The largest absolute Gasteiger partial charge is 0.463 e. The van der Waals surface area contributed by atoms with Crippen LogP contribution < -0.4 is 5.32 Å². The summed E-state index contributed by atoms with van der Waals surface area (Å²) in [7, 11) is 0. The minimum absolute atomic E-state index is 0.0152. The maximum Gasteiger partial charge on any atom is 0.330 e. The van der Waals surface area contributed by atoms with Crippen LogP contribution in [0.3, 0.4) is 0 Å². The van der Waals surface area contributed by atoms with E-state index in [1.165, 1.54) is 18.2 Å². The van der Waals surface area contributed by atoms with Gasteiger partial charge in [-0.25, -0.2) is 18.9 Å². The highest BCUT2D eigenvalue weighted by atomic mass is 35.5. The lowest BCUT2D eigenvalue weighted by Crippen LogP contribution is -2.06. The van der Waals surface area contributed by atoms with Crippen molar-refractivity contribution in [2.75, 3.05) is 11.9 Å². The Hall–Kier alpha value is -4.89. The third-order valence-corrected chi connectivity index (χ3v) is 5.94. The molecule has 0 bridgehead atoms. The lowest BCUT2D eigenvalue weighted by Gasteiger charge is -2.12. The third kappa shape index (κ3) is 6.16. The molecule has 3 aromatic heterocycles. The molecule has 10 heteroatoms. The van der Waals surface area contributed by atoms with Crippen LogP contribution in [0.25, 0.3) is 34.1 Å². The maximum atomic E-state index is 13.6. The van der Waals surface area contributed by atoms with Crippen molar-refractivity contribution >= 4 is 35.3 Å². The van der Waals surface area contributed by atoms with Crippen molar-refractivity contribution in [3.8, 4) is 28.1 Å². The van der Waals surface area contributed by atoms with Gasteiger partial charge >= 0.3 is 5.97 Å². The van der Waals surface area contributed by atoms with E-state index in [4.69, 9.17) is 21.3 Å². The first kappa shape index (κ1) is 25.7. The minimum Gasteiger partial charge on any atom is -0.463 e. The second-order valence-corrected chi connectivity index (χ2v) is 8.71. The molecule has 8 nitrogen and oxygen atoms in total. The summed E-state index contributed by atoms with van der Waals surface area (Å²) in [6.45, 7) is 2.06. The van der Waals surface area contributed by atoms with Crippen molar-refractivity contribution in [2.24, 2.45) is 0 Å². The lowest BCUT2D eigenvalue weighted by atomic mass is 10.0. The van der Waals surface area contributed by atoms with Gasteiger partial charge in [-0.1, -0.05) is 29.8 Å². The van der Waals surface area contributed by atoms with Gasteiger partial charge < -0.3 is 10.1 Å². The molecule has 0 amide bonds. The standard InChI is InChI=1S/C29H22ClFN6O2/c1-2-39-27(38)9-6-19-4-3-5-21(14-19)24-17-33-29(35-23-7-8-26(31)25(30)15-23)36-28(24)37-18-22(16-34-37)20-10-12-32-13-11-20/h3-18H,2H2,1H3,(H,33,35,36)/b9-6+. The Morgan fingerprint density at radius 3 is 2.72 bits per heavy atom. The number of carbonyl (C=O) groups is 1. The van der Waals surface area contributed by atoms with Crippen LogP contribution >= 0.6 is 11.6 Å². The van der Waals surface area contributed by atoms with E-state index in [-0.39, 0.29) is 11.0 Å². The summed E-state index contributed by atoms with van der Waals surface area (Å²) in [5.41, 5.74) is 4.68. The molecule has 0 aliphatic carbocycles. The van der Waals surface area contributed by atoms with Gasteiger partial charge in [-0.3, -0.25) is 4.98 Å².